The quantitative estimate of drug-likeness (QED) is 0.241. The highest BCUT2D eigenvalue weighted by molar-refractivity contribution is 8.13. The molecule has 0 radical (unpaired) electrons. The van der Waals surface area contributed by atoms with Crippen molar-refractivity contribution in [1.29, 1.82) is 0 Å². The first kappa shape index (κ1) is 34.4. The van der Waals surface area contributed by atoms with Gasteiger partial charge in [0.05, 0.1) is 0 Å². The van der Waals surface area contributed by atoms with Gasteiger partial charge in [-0.3, -0.25) is 0 Å². The molecular formula is C14H18F10N2O7S2Si. The molecule has 0 aliphatic carbocycles. The van der Waals surface area contributed by atoms with Gasteiger partial charge in [0, 0.05) is 40.4 Å². The topological polar surface area (TPSA) is 114 Å². The Morgan fingerprint density at radius 1 is 0.778 bits per heavy atom. The van der Waals surface area contributed by atoms with Crippen LogP contribution < -0.4 is 4.57 Å². The molecule has 0 amide bonds. The molecule has 22 heteroatoms. The van der Waals surface area contributed by atoms with E-state index in [0.717, 1.165) is 5.69 Å². The molecule has 9 nitrogen and oxygen atoms in total. The van der Waals surface area contributed by atoms with Crippen molar-refractivity contribution in [1.82, 2.24) is 0 Å². The third-order valence-corrected chi connectivity index (χ3v) is 9.89. The minimum absolute atomic E-state index is 0.422. The van der Waals surface area contributed by atoms with Crippen LogP contribution >= 0.6 is 0 Å². The Kier molecular flexibility index (Phi) is 10.9. The number of hydrogen-bond donors (Lipinski definition) is 0. The summed E-state index contributed by atoms with van der Waals surface area (Å²) in [5.74, 6) is 0. The number of pyridine rings is 1. The predicted molar refractivity (Wildman–Crippen MR) is 101 cm³/mol. The van der Waals surface area contributed by atoms with Crippen LogP contribution in [0.3, 0.4) is 0 Å². The molecule has 0 bridgehead atoms. The Labute approximate surface area is 199 Å². The molecule has 212 valence electrons. The molecule has 0 saturated heterocycles. The zero-order valence-corrected chi connectivity index (χ0v) is 21.0. The maximum atomic E-state index is 12.3. The SMILES string of the molecule is CO[Si](C[n+]1ccccc1C)(OC)OC.O=S(=O)([N-]S(=O)(=O)C(F)(F)C(F)(F)F)C(F)(F)C(F)(F)F. The molecule has 0 unspecified atom stereocenters. The number of aryl methyl sites for hydroxylation is 1. The Balaban J connectivity index is 0.000000717. The van der Waals surface area contributed by atoms with Crippen LogP contribution in [0, 0.1) is 6.92 Å². The third kappa shape index (κ3) is 7.47. The lowest BCUT2D eigenvalue weighted by Gasteiger charge is -2.31. The van der Waals surface area contributed by atoms with Crippen molar-refractivity contribution in [3.05, 3.63) is 34.2 Å². The molecular weight excluding hydrogens is 590 g/mol. The first-order chi connectivity index (χ1) is 15.9. The van der Waals surface area contributed by atoms with Gasteiger partial charge in [0.2, 0.25) is 6.17 Å². The van der Waals surface area contributed by atoms with Crippen LogP contribution in [0.15, 0.2) is 24.4 Å². The molecule has 0 aromatic carbocycles. The van der Waals surface area contributed by atoms with Crippen LogP contribution in [0.5, 0.6) is 0 Å². The van der Waals surface area contributed by atoms with Crippen LogP contribution in [-0.2, 0) is 39.5 Å². The average Bonchev–Trinajstić information content (AvgIpc) is 2.71. The van der Waals surface area contributed by atoms with Crippen molar-refractivity contribution in [3.8, 4) is 0 Å². The van der Waals surface area contributed by atoms with E-state index < -0.39 is 51.7 Å². The zero-order valence-electron chi connectivity index (χ0n) is 18.4. The van der Waals surface area contributed by atoms with Gasteiger partial charge in [0.1, 0.15) is 0 Å². The standard InChI is InChI=1S/C10H18NO3Si.C4F10NO4S2/c1-10-7-5-6-8-11(10)9-15(12-2,13-3)14-4;5-1(6,7)3(11,12)20(16,17)15-21(18,19)4(13,14)2(8,9)10/h5-8H,9H2,1-4H3;/q+1;-1. The number of nitrogens with zero attached hydrogens (tertiary/aromatic N) is 2. The normalized spacial score (nSPS) is 14.3. The van der Waals surface area contributed by atoms with Crippen LogP contribution in [0.25, 0.3) is 4.13 Å². The van der Waals surface area contributed by atoms with E-state index in [1.807, 2.05) is 31.3 Å². The molecule has 0 aliphatic heterocycles. The smallest absolute Gasteiger partial charge is 0.425 e. The molecule has 0 atom stereocenters. The van der Waals surface area contributed by atoms with Gasteiger partial charge in [-0.1, -0.05) is 6.07 Å². The van der Waals surface area contributed by atoms with Gasteiger partial charge in [-0.2, -0.15) is 48.5 Å². The maximum Gasteiger partial charge on any atom is 0.569 e. The summed E-state index contributed by atoms with van der Waals surface area (Å²) in [6, 6.07) is 6.02. The van der Waals surface area contributed by atoms with E-state index in [0.29, 0.717) is 10.3 Å². The fourth-order valence-corrected chi connectivity index (χ4v) is 5.93. The van der Waals surface area contributed by atoms with Crippen LogP contribution in [0.1, 0.15) is 5.69 Å². The van der Waals surface area contributed by atoms with E-state index in [2.05, 4.69) is 4.57 Å². The molecule has 0 N–H and O–H groups in total. The summed E-state index contributed by atoms with van der Waals surface area (Å²) >= 11 is 0. The van der Waals surface area contributed by atoms with E-state index in [9.17, 15) is 60.7 Å². The van der Waals surface area contributed by atoms with Gasteiger partial charge in [-0.25, -0.2) is 16.8 Å². The lowest BCUT2D eigenvalue weighted by molar-refractivity contribution is -0.691. The van der Waals surface area contributed by atoms with E-state index in [-0.39, 0.29) is 0 Å². The summed E-state index contributed by atoms with van der Waals surface area (Å²) < 4.78 is 179. The first-order valence-corrected chi connectivity index (χ1v) is 13.4. The van der Waals surface area contributed by atoms with Gasteiger partial charge in [0.15, 0.2) is 31.9 Å². The van der Waals surface area contributed by atoms with Crippen LogP contribution in [0.4, 0.5) is 43.9 Å². The van der Waals surface area contributed by atoms with Gasteiger partial charge in [0.25, 0.3) is 0 Å². The average molecular weight is 609 g/mol. The Morgan fingerprint density at radius 3 is 1.42 bits per heavy atom. The highest BCUT2D eigenvalue weighted by Gasteiger charge is 2.68. The maximum absolute atomic E-state index is 12.3. The second-order valence-electron chi connectivity index (χ2n) is 6.32. The summed E-state index contributed by atoms with van der Waals surface area (Å²) in [6.45, 7) is 2.04. The second kappa shape index (κ2) is 11.4. The van der Waals surface area contributed by atoms with E-state index >= 15 is 0 Å². The molecule has 0 saturated carbocycles. The highest BCUT2D eigenvalue weighted by Crippen LogP contribution is 2.47. The lowest BCUT2D eigenvalue weighted by Crippen LogP contribution is -2.57. The summed E-state index contributed by atoms with van der Waals surface area (Å²) in [5, 5.41) is -14.0. The molecule has 1 aromatic rings. The molecule has 1 heterocycles. The van der Waals surface area contributed by atoms with Crippen LogP contribution in [-0.4, -0.2) is 69.8 Å². The number of sulfonamides is 2. The van der Waals surface area contributed by atoms with Gasteiger partial charge >= 0.3 is 31.7 Å². The molecule has 36 heavy (non-hydrogen) atoms. The highest BCUT2D eigenvalue weighted by atomic mass is 32.3. The lowest BCUT2D eigenvalue weighted by atomic mass is 10.4. The number of alkyl halides is 10. The number of rotatable bonds is 9. The minimum Gasteiger partial charge on any atom is -0.425 e. The first-order valence-electron chi connectivity index (χ1n) is 8.61. The summed E-state index contributed by atoms with van der Waals surface area (Å²) in [6.07, 6.45) is -11.4. The number of hydrogen-bond acceptors (Lipinski definition) is 7. The van der Waals surface area contributed by atoms with Crippen molar-refractivity contribution >= 4 is 28.9 Å². The second-order valence-corrected chi connectivity index (χ2v) is 12.7. The predicted octanol–water partition coefficient (Wildman–Crippen LogP) is 3.03. The number of aromatic nitrogens is 1. The summed E-state index contributed by atoms with van der Waals surface area (Å²) in [4.78, 5) is 0. The fraction of sp³-hybridized carbons (Fsp3) is 0.643. The Hall–Kier alpha value is -1.59. The van der Waals surface area contributed by atoms with Crippen molar-refractivity contribution in [2.75, 3.05) is 21.3 Å². The minimum atomic E-state index is -7.62. The van der Waals surface area contributed by atoms with Gasteiger partial charge in [-0.05, 0) is 0 Å². The zero-order chi connectivity index (χ0) is 29.0. The Bertz CT molecular complexity index is 1030. The van der Waals surface area contributed by atoms with Gasteiger partial charge < -0.3 is 17.4 Å². The van der Waals surface area contributed by atoms with Crippen molar-refractivity contribution in [2.24, 2.45) is 0 Å². The van der Waals surface area contributed by atoms with Crippen molar-refractivity contribution < 1.29 is 78.6 Å². The van der Waals surface area contributed by atoms with E-state index in [4.69, 9.17) is 13.3 Å². The fourth-order valence-electron chi connectivity index (χ4n) is 1.91. The van der Waals surface area contributed by atoms with Crippen molar-refractivity contribution in [2.45, 2.75) is 36.0 Å². The largest absolute Gasteiger partial charge is 0.569 e. The Morgan fingerprint density at radius 2 is 1.14 bits per heavy atom. The molecule has 0 spiro atoms. The van der Waals surface area contributed by atoms with E-state index in [1.165, 1.54) is 0 Å². The van der Waals surface area contributed by atoms with Crippen LogP contribution in [0.2, 0.25) is 0 Å². The molecule has 0 fully saturated rings. The molecule has 1 rings (SSSR count). The van der Waals surface area contributed by atoms with Gasteiger partial charge in [-0.15, -0.1) is 0 Å². The monoisotopic (exact) mass is 608 g/mol. The third-order valence-electron chi connectivity index (χ3n) is 3.97. The summed E-state index contributed by atoms with van der Waals surface area (Å²) in [7, 11) is -12.9. The van der Waals surface area contributed by atoms with Crippen molar-refractivity contribution in [3.63, 3.8) is 0 Å². The molecule has 1 aromatic heterocycles. The van der Waals surface area contributed by atoms with E-state index in [1.54, 1.807) is 21.3 Å². The number of halogens is 10. The molecule has 0 aliphatic rings. The summed E-state index contributed by atoms with van der Waals surface area (Å²) in [5.41, 5.74) is 1.15.